The first kappa shape index (κ1) is 19.5. The summed E-state index contributed by atoms with van der Waals surface area (Å²) in [5.41, 5.74) is 3.03. The Morgan fingerprint density at radius 2 is 1.89 bits per heavy atom. The fraction of sp³-hybridized carbons (Fsp3) is 0.409. The number of hydrogen-bond acceptors (Lipinski definition) is 4. The van der Waals surface area contributed by atoms with E-state index in [2.05, 4.69) is 4.90 Å². The normalized spacial score (nSPS) is 17.0. The van der Waals surface area contributed by atoms with Crippen LogP contribution in [0.15, 0.2) is 48.5 Å². The average molecular weight is 369 g/mol. The highest BCUT2D eigenvalue weighted by Gasteiger charge is 2.18. The minimum atomic E-state index is -0.941. The van der Waals surface area contributed by atoms with Crippen molar-refractivity contribution in [3.63, 3.8) is 0 Å². The lowest BCUT2D eigenvalue weighted by atomic mass is 9.95. The van der Waals surface area contributed by atoms with E-state index in [1.807, 2.05) is 37.3 Å². The Labute approximate surface area is 160 Å². The van der Waals surface area contributed by atoms with E-state index < -0.39 is 12.1 Å². The predicted octanol–water partition coefficient (Wildman–Crippen LogP) is 3.59. The molecule has 2 aromatic carbocycles. The third-order valence-corrected chi connectivity index (χ3v) is 5.03. The van der Waals surface area contributed by atoms with Crippen molar-refractivity contribution in [2.75, 3.05) is 26.2 Å². The topological polar surface area (TPSA) is 70.0 Å². The van der Waals surface area contributed by atoms with Crippen LogP contribution in [0, 0.1) is 0 Å². The Kier molecular flexibility index (Phi) is 6.61. The van der Waals surface area contributed by atoms with Gasteiger partial charge in [-0.15, -0.1) is 0 Å². The van der Waals surface area contributed by atoms with Crippen molar-refractivity contribution in [3.05, 3.63) is 59.7 Å². The zero-order chi connectivity index (χ0) is 19.2. The first-order valence-corrected chi connectivity index (χ1v) is 9.49. The molecular formula is C22H27NO4. The first-order chi connectivity index (χ1) is 13.0. The van der Waals surface area contributed by atoms with E-state index >= 15 is 0 Å². The number of nitrogens with zero attached hydrogens (tertiary/aromatic N) is 1. The van der Waals surface area contributed by atoms with Gasteiger partial charge in [-0.2, -0.15) is 0 Å². The summed E-state index contributed by atoms with van der Waals surface area (Å²) in [6, 6.07) is 14.7. The van der Waals surface area contributed by atoms with E-state index in [9.17, 15) is 15.0 Å². The summed E-state index contributed by atoms with van der Waals surface area (Å²) in [4.78, 5) is 13.5. The molecule has 0 bridgehead atoms. The maximum atomic E-state index is 11.3. The SMILES string of the molecule is CC(OCC(O)CN1CCCC1)c1ccccc1-c1cccc(C(=O)O)c1. The number of aromatic carboxylic acids is 1. The van der Waals surface area contributed by atoms with Crippen LogP contribution in [-0.4, -0.2) is 53.4 Å². The molecule has 0 aromatic heterocycles. The standard InChI is InChI=1S/C22H27NO4/c1-16(27-15-19(24)14-23-11-4-5-12-23)20-9-2-3-10-21(20)17-7-6-8-18(13-17)22(25)26/h2-3,6-10,13,16,19,24H,4-5,11-12,14-15H2,1H3,(H,25,26). The number of aliphatic hydroxyl groups excluding tert-OH is 1. The van der Waals surface area contributed by atoms with Crippen LogP contribution in [0.3, 0.4) is 0 Å². The molecule has 0 amide bonds. The molecule has 2 atom stereocenters. The minimum absolute atomic E-state index is 0.206. The van der Waals surface area contributed by atoms with Gasteiger partial charge in [-0.05, 0) is 61.7 Å². The molecule has 144 valence electrons. The average Bonchev–Trinajstić information content (AvgIpc) is 3.19. The molecule has 3 rings (SSSR count). The summed E-state index contributed by atoms with van der Waals surface area (Å²) in [6.45, 7) is 4.99. The molecule has 0 aliphatic carbocycles. The molecule has 1 aliphatic rings. The summed E-state index contributed by atoms with van der Waals surface area (Å²) in [5, 5.41) is 19.5. The fourth-order valence-electron chi connectivity index (χ4n) is 3.60. The Morgan fingerprint density at radius 1 is 1.15 bits per heavy atom. The quantitative estimate of drug-likeness (QED) is 0.744. The van der Waals surface area contributed by atoms with Crippen LogP contribution < -0.4 is 0 Å². The van der Waals surface area contributed by atoms with Gasteiger partial charge in [0.05, 0.1) is 24.4 Å². The number of β-amino-alcohol motifs (C(OH)–C–C–N with tert-alkyl or cyclic N) is 1. The highest BCUT2D eigenvalue weighted by atomic mass is 16.5. The van der Waals surface area contributed by atoms with Crippen molar-refractivity contribution >= 4 is 5.97 Å². The zero-order valence-electron chi connectivity index (χ0n) is 15.7. The second-order valence-corrected chi connectivity index (χ2v) is 7.11. The Hall–Kier alpha value is -2.21. The van der Waals surface area contributed by atoms with Crippen molar-refractivity contribution in [3.8, 4) is 11.1 Å². The van der Waals surface area contributed by atoms with Crippen LogP contribution in [0.4, 0.5) is 0 Å². The Bertz CT molecular complexity index is 770. The van der Waals surface area contributed by atoms with Gasteiger partial charge in [0.1, 0.15) is 0 Å². The van der Waals surface area contributed by atoms with Gasteiger partial charge < -0.3 is 19.8 Å². The van der Waals surface area contributed by atoms with Gasteiger partial charge in [0.25, 0.3) is 0 Å². The molecule has 2 unspecified atom stereocenters. The summed E-state index contributed by atoms with van der Waals surface area (Å²) in [6.07, 6.45) is 1.69. The third-order valence-electron chi connectivity index (χ3n) is 5.03. The van der Waals surface area contributed by atoms with Gasteiger partial charge in [-0.25, -0.2) is 4.79 Å². The molecule has 1 heterocycles. The molecule has 2 N–H and O–H groups in total. The number of benzene rings is 2. The summed E-state index contributed by atoms with van der Waals surface area (Å²) >= 11 is 0. The van der Waals surface area contributed by atoms with Crippen LogP contribution >= 0.6 is 0 Å². The van der Waals surface area contributed by atoms with Gasteiger partial charge in [0, 0.05) is 6.54 Å². The van der Waals surface area contributed by atoms with Crippen molar-refractivity contribution in [1.29, 1.82) is 0 Å². The number of carboxylic acids is 1. The van der Waals surface area contributed by atoms with Crippen LogP contribution in [-0.2, 0) is 4.74 Å². The molecule has 1 saturated heterocycles. The molecule has 5 heteroatoms. The van der Waals surface area contributed by atoms with Gasteiger partial charge in [-0.3, -0.25) is 0 Å². The van der Waals surface area contributed by atoms with Crippen LogP contribution in [0.25, 0.3) is 11.1 Å². The fourth-order valence-corrected chi connectivity index (χ4v) is 3.60. The summed E-state index contributed by atoms with van der Waals surface area (Å²) in [5.74, 6) is -0.941. The second kappa shape index (κ2) is 9.13. The molecule has 27 heavy (non-hydrogen) atoms. The zero-order valence-corrected chi connectivity index (χ0v) is 15.7. The molecule has 5 nitrogen and oxygen atoms in total. The van der Waals surface area contributed by atoms with Crippen molar-refractivity contribution < 1.29 is 19.7 Å². The maximum Gasteiger partial charge on any atom is 0.335 e. The third kappa shape index (κ3) is 5.16. The van der Waals surface area contributed by atoms with Gasteiger partial charge in [0.15, 0.2) is 0 Å². The molecule has 2 aromatic rings. The summed E-state index contributed by atoms with van der Waals surface area (Å²) < 4.78 is 5.95. The van der Waals surface area contributed by atoms with Crippen LogP contribution in [0.5, 0.6) is 0 Å². The van der Waals surface area contributed by atoms with E-state index in [1.165, 1.54) is 12.8 Å². The lowest BCUT2D eigenvalue weighted by molar-refractivity contribution is -0.0131. The number of aliphatic hydroxyl groups is 1. The highest BCUT2D eigenvalue weighted by molar-refractivity contribution is 5.89. The molecular weight excluding hydrogens is 342 g/mol. The monoisotopic (exact) mass is 369 g/mol. The van der Waals surface area contributed by atoms with E-state index in [0.717, 1.165) is 29.8 Å². The van der Waals surface area contributed by atoms with Gasteiger partial charge in [0.2, 0.25) is 0 Å². The lowest BCUT2D eigenvalue weighted by Crippen LogP contribution is -2.33. The molecule has 1 aliphatic heterocycles. The number of rotatable bonds is 8. The predicted molar refractivity (Wildman–Crippen MR) is 105 cm³/mol. The largest absolute Gasteiger partial charge is 0.478 e. The second-order valence-electron chi connectivity index (χ2n) is 7.11. The van der Waals surface area contributed by atoms with Crippen molar-refractivity contribution in [2.24, 2.45) is 0 Å². The number of carbonyl (C=O) groups is 1. The van der Waals surface area contributed by atoms with E-state index in [4.69, 9.17) is 4.74 Å². The minimum Gasteiger partial charge on any atom is -0.478 e. The molecule has 1 fully saturated rings. The van der Waals surface area contributed by atoms with Crippen molar-refractivity contribution in [2.45, 2.75) is 32.0 Å². The number of hydrogen-bond donors (Lipinski definition) is 2. The van der Waals surface area contributed by atoms with Crippen LogP contribution in [0.2, 0.25) is 0 Å². The number of likely N-dealkylation sites (tertiary alicyclic amines) is 1. The first-order valence-electron chi connectivity index (χ1n) is 9.49. The van der Waals surface area contributed by atoms with Gasteiger partial charge >= 0.3 is 5.97 Å². The van der Waals surface area contributed by atoms with Crippen LogP contribution in [0.1, 0.15) is 41.8 Å². The van der Waals surface area contributed by atoms with E-state index in [-0.39, 0.29) is 18.3 Å². The highest BCUT2D eigenvalue weighted by Crippen LogP contribution is 2.30. The Balaban J connectivity index is 1.69. The Morgan fingerprint density at radius 3 is 2.63 bits per heavy atom. The van der Waals surface area contributed by atoms with Gasteiger partial charge in [-0.1, -0.05) is 36.4 Å². The van der Waals surface area contributed by atoms with E-state index in [1.54, 1.807) is 18.2 Å². The lowest BCUT2D eigenvalue weighted by Gasteiger charge is -2.22. The maximum absolute atomic E-state index is 11.3. The summed E-state index contributed by atoms with van der Waals surface area (Å²) in [7, 11) is 0. The van der Waals surface area contributed by atoms with E-state index in [0.29, 0.717) is 6.54 Å². The number of ether oxygens (including phenoxy) is 1. The smallest absolute Gasteiger partial charge is 0.335 e. The molecule has 0 saturated carbocycles. The van der Waals surface area contributed by atoms with Crippen molar-refractivity contribution in [1.82, 2.24) is 4.90 Å². The molecule has 0 spiro atoms. The molecule has 0 radical (unpaired) electrons. The number of carboxylic acid groups (broad SMARTS) is 1.